The fraction of sp³-hybridized carbons (Fsp3) is 0.231. The van der Waals surface area contributed by atoms with Gasteiger partial charge in [0.05, 0.1) is 6.42 Å². The number of carbonyl (C=O) groups excluding carboxylic acids is 2. The van der Waals surface area contributed by atoms with E-state index in [-0.39, 0.29) is 30.6 Å². The number of nitrogens with zero attached hydrogens (tertiary/aromatic N) is 1. The van der Waals surface area contributed by atoms with E-state index in [1.807, 2.05) is 60.7 Å². The highest BCUT2D eigenvalue weighted by Gasteiger charge is 2.26. The van der Waals surface area contributed by atoms with Crippen molar-refractivity contribution in [2.24, 2.45) is 0 Å². The molecule has 0 bridgehead atoms. The Kier molecular flexibility index (Phi) is 7.93. The van der Waals surface area contributed by atoms with Crippen LogP contribution in [0.1, 0.15) is 23.6 Å². The van der Waals surface area contributed by atoms with E-state index < -0.39 is 6.04 Å². The summed E-state index contributed by atoms with van der Waals surface area (Å²) in [7, 11) is 0. The van der Waals surface area contributed by atoms with E-state index in [4.69, 9.17) is 0 Å². The summed E-state index contributed by atoms with van der Waals surface area (Å²) in [4.78, 5) is 27.5. The number of halogens is 1. The summed E-state index contributed by atoms with van der Waals surface area (Å²) in [6.45, 7) is 2.45. The number of hydrogen-bond donors (Lipinski definition) is 1. The van der Waals surface area contributed by atoms with Gasteiger partial charge in [0.15, 0.2) is 0 Å². The summed E-state index contributed by atoms with van der Waals surface area (Å²) in [5.74, 6) is -0.696. The quantitative estimate of drug-likeness (QED) is 0.568. The smallest absolute Gasteiger partial charge is 0.242 e. The topological polar surface area (TPSA) is 49.4 Å². The molecule has 0 aromatic heterocycles. The molecule has 3 rings (SSSR count). The van der Waals surface area contributed by atoms with Gasteiger partial charge in [-0.05, 0) is 42.2 Å². The lowest BCUT2D eigenvalue weighted by atomic mass is 10.1. The number of amides is 2. The molecule has 0 aliphatic heterocycles. The molecule has 2 amide bonds. The first-order chi connectivity index (χ1) is 15.0. The number of nitrogens with one attached hydrogen (secondary N) is 1. The molecule has 0 saturated heterocycles. The largest absolute Gasteiger partial charge is 0.354 e. The molecule has 0 radical (unpaired) electrons. The van der Waals surface area contributed by atoms with Crippen molar-refractivity contribution in [2.75, 3.05) is 6.54 Å². The second-order valence-electron chi connectivity index (χ2n) is 7.51. The number of rotatable bonds is 9. The lowest BCUT2D eigenvalue weighted by Gasteiger charge is -2.29. The molecule has 0 saturated carbocycles. The zero-order valence-corrected chi connectivity index (χ0v) is 17.6. The van der Waals surface area contributed by atoms with E-state index in [0.29, 0.717) is 6.54 Å². The van der Waals surface area contributed by atoms with E-state index in [0.717, 1.165) is 23.1 Å². The van der Waals surface area contributed by atoms with Gasteiger partial charge in [0, 0.05) is 13.1 Å². The Bertz CT molecular complexity index is 975. The van der Waals surface area contributed by atoms with Crippen molar-refractivity contribution >= 4 is 11.8 Å². The summed E-state index contributed by atoms with van der Waals surface area (Å²) in [6, 6.07) is 24.7. The van der Waals surface area contributed by atoms with Gasteiger partial charge in [-0.3, -0.25) is 9.59 Å². The first-order valence-electron chi connectivity index (χ1n) is 10.4. The van der Waals surface area contributed by atoms with Crippen LogP contribution in [0.25, 0.3) is 0 Å². The first kappa shape index (κ1) is 22.2. The van der Waals surface area contributed by atoms with Crippen molar-refractivity contribution in [3.8, 4) is 0 Å². The van der Waals surface area contributed by atoms with Gasteiger partial charge in [0.25, 0.3) is 0 Å². The molecule has 31 heavy (non-hydrogen) atoms. The lowest BCUT2D eigenvalue weighted by molar-refractivity contribution is -0.140. The highest BCUT2D eigenvalue weighted by Crippen LogP contribution is 2.13. The Morgan fingerprint density at radius 3 is 2.03 bits per heavy atom. The molecule has 0 fully saturated rings. The predicted octanol–water partition coefficient (Wildman–Crippen LogP) is 4.14. The standard InChI is InChI=1S/C26H27FN2O2/c1-20(26(31)28-17-16-21-8-4-2-5-9-21)29(19-23-12-14-24(27)15-13-23)25(30)18-22-10-6-3-7-11-22/h2-15,20H,16-19H2,1H3,(H,28,31)/t20-/m1/s1. The van der Waals surface area contributed by atoms with Gasteiger partial charge < -0.3 is 10.2 Å². The molecule has 0 spiro atoms. The maximum atomic E-state index is 13.3. The average molecular weight is 419 g/mol. The Hall–Kier alpha value is -3.47. The second kappa shape index (κ2) is 11.1. The molecule has 4 nitrogen and oxygen atoms in total. The summed E-state index contributed by atoms with van der Waals surface area (Å²) >= 11 is 0. The monoisotopic (exact) mass is 418 g/mol. The minimum Gasteiger partial charge on any atom is -0.354 e. The van der Waals surface area contributed by atoms with E-state index >= 15 is 0 Å². The van der Waals surface area contributed by atoms with Crippen LogP contribution in [0.2, 0.25) is 0 Å². The van der Waals surface area contributed by atoms with Crippen LogP contribution in [0, 0.1) is 5.82 Å². The molecular weight excluding hydrogens is 391 g/mol. The number of carbonyl (C=O) groups is 2. The average Bonchev–Trinajstić information content (AvgIpc) is 2.79. The van der Waals surface area contributed by atoms with Crippen LogP contribution < -0.4 is 5.32 Å². The van der Waals surface area contributed by atoms with E-state index in [2.05, 4.69) is 5.32 Å². The fourth-order valence-corrected chi connectivity index (χ4v) is 3.36. The lowest BCUT2D eigenvalue weighted by Crippen LogP contribution is -2.48. The van der Waals surface area contributed by atoms with Crippen LogP contribution in [0.15, 0.2) is 84.9 Å². The first-order valence-corrected chi connectivity index (χ1v) is 10.4. The van der Waals surface area contributed by atoms with Crippen LogP contribution in [0.5, 0.6) is 0 Å². The van der Waals surface area contributed by atoms with Crippen LogP contribution in [0.3, 0.4) is 0 Å². The highest BCUT2D eigenvalue weighted by atomic mass is 19.1. The van der Waals surface area contributed by atoms with Gasteiger partial charge in [-0.1, -0.05) is 72.8 Å². The fourth-order valence-electron chi connectivity index (χ4n) is 3.36. The van der Waals surface area contributed by atoms with Gasteiger partial charge in [-0.15, -0.1) is 0 Å². The van der Waals surface area contributed by atoms with Crippen LogP contribution >= 0.6 is 0 Å². The third-order valence-corrected chi connectivity index (χ3v) is 5.19. The van der Waals surface area contributed by atoms with Crippen LogP contribution in [-0.4, -0.2) is 29.3 Å². The molecule has 0 aliphatic carbocycles. The van der Waals surface area contributed by atoms with Crippen molar-refractivity contribution in [3.63, 3.8) is 0 Å². The van der Waals surface area contributed by atoms with E-state index in [9.17, 15) is 14.0 Å². The van der Waals surface area contributed by atoms with Crippen molar-refractivity contribution in [3.05, 3.63) is 107 Å². The Morgan fingerprint density at radius 2 is 1.42 bits per heavy atom. The minimum atomic E-state index is -0.656. The van der Waals surface area contributed by atoms with Crippen molar-refractivity contribution in [1.82, 2.24) is 10.2 Å². The molecule has 0 aliphatic rings. The van der Waals surface area contributed by atoms with Crippen molar-refractivity contribution in [1.29, 1.82) is 0 Å². The molecule has 160 valence electrons. The molecular formula is C26H27FN2O2. The maximum Gasteiger partial charge on any atom is 0.242 e. The highest BCUT2D eigenvalue weighted by molar-refractivity contribution is 5.88. The number of hydrogen-bond acceptors (Lipinski definition) is 2. The maximum absolute atomic E-state index is 13.3. The zero-order valence-electron chi connectivity index (χ0n) is 17.6. The summed E-state index contributed by atoms with van der Waals surface area (Å²) in [5, 5.41) is 2.93. The van der Waals surface area contributed by atoms with Gasteiger partial charge in [-0.2, -0.15) is 0 Å². The molecule has 0 heterocycles. The molecule has 3 aromatic carbocycles. The molecule has 1 N–H and O–H groups in total. The SMILES string of the molecule is C[C@H](C(=O)NCCc1ccccc1)N(Cc1ccc(F)cc1)C(=O)Cc1ccccc1. The molecule has 1 atom stereocenters. The van der Waals surface area contributed by atoms with Crippen molar-refractivity contribution in [2.45, 2.75) is 32.4 Å². The Balaban J connectivity index is 1.68. The van der Waals surface area contributed by atoms with Gasteiger partial charge in [0.2, 0.25) is 11.8 Å². The third kappa shape index (κ3) is 6.78. The summed E-state index contributed by atoms with van der Waals surface area (Å²) < 4.78 is 13.3. The number of benzene rings is 3. The summed E-state index contributed by atoms with van der Waals surface area (Å²) in [6.07, 6.45) is 0.916. The molecule has 5 heteroatoms. The predicted molar refractivity (Wildman–Crippen MR) is 120 cm³/mol. The second-order valence-corrected chi connectivity index (χ2v) is 7.51. The minimum absolute atomic E-state index is 0.152. The molecule has 0 unspecified atom stereocenters. The van der Waals surface area contributed by atoms with Gasteiger partial charge >= 0.3 is 0 Å². The normalized spacial score (nSPS) is 11.5. The van der Waals surface area contributed by atoms with E-state index in [1.165, 1.54) is 12.1 Å². The Labute approximate surface area is 182 Å². The third-order valence-electron chi connectivity index (χ3n) is 5.19. The van der Waals surface area contributed by atoms with Gasteiger partial charge in [-0.25, -0.2) is 4.39 Å². The van der Waals surface area contributed by atoms with Crippen LogP contribution in [-0.2, 0) is 29.0 Å². The van der Waals surface area contributed by atoms with Crippen LogP contribution in [0.4, 0.5) is 4.39 Å². The van der Waals surface area contributed by atoms with E-state index in [1.54, 1.807) is 24.0 Å². The molecule has 3 aromatic rings. The van der Waals surface area contributed by atoms with Gasteiger partial charge in [0.1, 0.15) is 11.9 Å². The van der Waals surface area contributed by atoms with Crippen molar-refractivity contribution < 1.29 is 14.0 Å². The Morgan fingerprint density at radius 1 is 0.839 bits per heavy atom. The summed E-state index contributed by atoms with van der Waals surface area (Å²) in [5.41, 5.74) is 2.79. The zero-order chi connectivity index (χ0) is 22.1.